The minimum Gasteiger partial charge on any atom is -0.365 e. The molecule has 1 spiro atoms. The highest BCUT2D eigenvalue weighted by molar-refractivity contribution is 6.08. The number of fused-ring (bicyclic) bond motifs is 2. The number of nitrogens with one attached hydrogen (secondary N) is 2. The fourth-order valence-corrected chi connectivity index (χ4v) is 4.56. The van der Waals surface area contributed by atoms with Crippen molar-refractivity contribution in [1.29, 1.82) is 0 Å². The summed E-state index contributed by atoms with van der Waals surface area (Å²) in [4.78, 5) is 31.2. The number of rotatable bonds is 3. The molecule has 5 heteroatoms. The van der Waals surface area contributed by atoms with Gasteiger partial charge in [-0.2, -0.15) is 0 Å². The lowest BCUT2D eigenvalue weighted by molar-refractivity contribution is -0.121. The Morgan fingerprint density at radius 1 is 1.32 bits per heavy atom. The number of amides is 2. The number of benzene rings is 1. The van der Waals surface area contributed by atoms with E-state index in [1.807, 2.05) is 42.2 Å². The Labute approximate surface area is 147 Å². The fourth-order valence-electron chi connectivity index (χ4n) is 4.56. The lowest BCUT2D eigenvalue weighted by atomic mass is 9.73. The van der Waals surface area contributed by atoms with Gasteiger partial charge in [-0.3, -0.25) is 9.59 Å². The predicted molar refractivity (Wildman–Crippen MR) is 96.6 cm³/mol. The van der Waals surface area contributed by atoms with E-state index in [0.717, 1.165) is 29.8 Å². The van der Waals surface area contributed by atoms with Crippen LogP contribution in [0.4, 0.5) is 5.69 Å². The molecule has 2 aromatic rings. The van der Waals surface area contributed by atoms with Gasteiger partial charge in [0.1, 0.15) is 0 Å². The molecule has 1 fully saturated rings. The molecule has 3 heterocycles. The number of hydrogen-bond acceptors (Lipinski definition) is 2. The third kappa shape index (κ3) is 2.15. The van der Waals surface area contributed by atoms with Gasteiger partial charge in [-0.15, -0.1) is 0 Å². The van der Waals surface area contributed by atoms with Gasteiger partial charge in [0.25, 0.3) is 5.91 Å². The zero-order valence-electron chi connectivity index (χ0n) is 14.6. The SMILES string of the molecule is CCC[C@@H]1N(C(=O)c2cc[nH]c2C)CC[C@@]12C(=O)Nc1ccccc12. The van der Waals surface area contributed by atoms with Crippen LogP contribution in [0.1, 0.15) is 47.8 Å². The number of likely N-dealkylation sites (tertiary alicyclic amines) is 1. The van der Waals surface area contributed by atoms with Crippen LogP contribution in [0.15, 0.2) is 36.5 Å². The van der Waals surface area contributed by atoms with E-state index in [1.54, 1.807) is 6.20 Å². The Kier molecular flexibility index (Phi) is 3.67. The fraction of sp³-hybridized carbons (Fsp3) is 0.400. The molecule has 2 atom stereocenters. The van der Waals surface area contributed by atoms with Crippen molar-refractivity contribution in [3.8, 4) is 0 Å². The average molecular weight is 337 g/mol. The predicted octanol–water partition coefficient (Wildman–Crippen LogP) is 3.23. The first kappa shape index (κ1) is 15.9. The van der Waals surface area contributed by atoms with Crippen molar-refractivity contribution in [2.24, 2.45) is 0 Å². The summed E-state index contributed by atoms with van der Waals surface area (Å²) >= 11 is 0. The smallest absolute Gasteiger partial charge is 0.255 e. The summed E-state index contributed by atoms with van der Waals surface area (Å²) in [6.45, 7) is 4.62. The summed E-state index contributed by atoms with van der Waals surface area (Å²) in [7, 11) is 0. The number of nitrogens with zero attached hydrogens (tertiary/aromatic N) is 1. The van der Waals surface area contributed by atoms with Crippen LogP contribution in [0.25, 0.3) is 0 Å². The monoisotopic (exact) mass is 337 g/mol. The maximum Gasteiger partial charge on any atom is 0.255 e. The molecule has 0 radical (unpaired) electrons. The third-order valence-electron chi connectivity index (χ3n) is 5.76. The molecule has 1 aromatic heterocycles. The van der Waals surface area contributed by atoms with E-state index < -0.39 is 5.41 Å². The molecule has 0 unspecified atom stereocenters. The molecule has 2 N–H and O–H groups in total. The zero-order valence-corrected chi connectivity index (χ0v) is 14.6. The minimum absolute atomic E-state index is 0.0197. The second-order valence-corrected chi connectivity index (χ2v) is 7.04. The van der Waals surface area contributed by atoms with Crippen molar-refractivity contribution >= 4 is 17.5 Å². The maximum absolute atomic E-state index is 13.1. The molecule has 5 nitrogen and oxygen atoms in total. The summed E-state index contributed by atoms with van der Waals surface area (Å²) in [6, 6.07) is 9.62. The second kappa shape index (κ2) is 5.76. The highest BCUT2D eigenvalue weighted by Crippen LogP contribution is 2.49. The van der Waals surface area contributed by atoms with Crippen LogP contribution in [0.2, 0.25) is 0 Å². The number of carbonyl (C=O) groups is 2. The number of aromatic amines is 1. The van der Waals surface area contributed by atoms with Gasteiger partial charge in [-0.05, 0) is 37.5 Å². The van der Waals surface area contributed by atoms with Gasteiger partial charge < -0.3 is 15.2 Å². The van der Waals surface area contributed by atoms with Crippen LogP contribution >= 0.6 is 0 Å². The number of hydrogen-bond donors (Lipinski definition) is 2. The minimum atomic E-state index is -0.619. The summed E-state index contributed by atoms with van der Waals surface area (Å²) < 4.78 is 0. The molecule has 25 heavy (non-hydrogen) atoms. The van der Waals surface area contributed by atoms with Gasteiger partial charge in [0.05, 0.1) is 17.0 Å². The van der Waals surface area contributed by atoms with Gasteiger partial charge in [0.15, 0.2) is 0 Å². The van der Waals surface area contributed by atoms with Gasteiger partial charge in [-0.1, -0.05) is 31.5 Å². The van der Waals surface area contributed by atoms with Gasteiger partial charge in [0, 0.05) is 24.1 Å². The first-order valence-corrected chi connectivity index (χ1v) is 8.95. The van der Waals surface area contributed by atoms with Gasteiger partial charge in [0.2, 0.25) is 5.91 Å². The normalized spacial score (nSPS) is 24.6. The highest BCUT2D eigenvalue weighted by atomic mass is 16.2. The van der Waals surface area contributed by atoms with Crippen molar-refractivity contribution in [3.05, 3.63) is 53.3 Å². The molecule has 1 saturated heterocycles. The van der Waals surface area contributed by atoms with E-state index in [4.69, 9.17) is 0 Å². The van der Waals surface area contributed by atoms with Crippen molar-refractivity contribution in [3.63, 3.8) is 0 Å². The van der Waals surface area contributed by atoms with Gasteiger partial charge in [-0.25, -0.2) is 0 Å². The Balaban J connectivity index is 1.78. The largest absolute Gasteiger partial charge is 0.365 e. The Hall–Kier alpha value is -2.56. The first-order chi connectivity index (χ1) is 12.1. The second-order valence-electron chi connectivity index (χ2n) is 7.04. The van der Waals surface area contributed by atoms with Crippen LogP contribution in [0, 0.1) is 6.92 Å². The molecule has 4 rings (SSSR count). The summed E-state index contributed by atoms with van der Waals surface area (Å²) in [6.07, 6.45) is 4.21. The van der Waals surface area contributed by atoms with Crippen LogP contribution in [0.5, 0.6) is 0 Å². The topological polar surface area (TPSA) is 65.2 Å². The number of carbonyl (C=O) groups excluding carboxylic acids is 2. The van der Waals surface area contributed by atoms with Crippen LogP contribution in [-0.2, 0) is 10.2 Å². The van der Waals surface area contributed by atoms with Gasteiger partial charge >= 0.3 is 0 Å². The number of H-pyrrole nitrogens is 1. The molecular formula is C20H23N3O2. The number of aryl methyl sites for hydroxylation is 1. The first-order valence-electron chi connectivity index (χ1n) is 8.95. The molecule has 130 valence electrons. The average Bonchev–Trinajstić information content (AvgIpc) is 3.27. The highest BCUT2D eigenvalue weighted by Gasteiger charge is 2.58. The van der Waals surface area contributed by atoms with Crippen molar-refractivity contribution < 1.29 is 9.59 Å². The Morgan fingerprint density at radius 3 is 2.84 bits per heavy atom. The van der Waals surface area contributed by atoms with Crippen LogP contribution in [0.3, 0.4) is 0 Å². The molecular weight excluding hydrogens is 314 g/mol. The zero-order chi connectivity index (χ0) is 17.6. The van der Waals surface area contributed by atoms with E-state index in [0.29, 0.717) is 18.5 Å². The van der Waals surface area contributed by atoms with E-state index in [9.17, 15) is 9.59 Å². The third-order valence-corrected chi connectivity index (χ3v) is 5.76. The molecule has 2 amide bonds. The van der Waals surface area contributed by atoms with Crippen LogP contribution < -0.4 is 5.32 Å². The van der Waals surface area contributed by atoms with E-state index in [-0.39, 0.29) is 17.9 Å². The van der Waals surface area contributed by atoms with E-state index in [2.05, 4.69) is 17.2 Å². The summed E-state index contributed by atoms with van der Waals surface area (Å²) in [5.74, 6) is 0.0551. The number of aromatic nitrogens is 1. The quantitative estimate of drug-likeness (QED) is 0.903. The Morgan fingerprint density at radius 2 is 2.12 bits per heavy atom. The maximum atomic E-state index is 13.1. The summed E-state index contributed by atoms with van der Waals surface area (Å²) in [5, 5.41) is 3.04. The van der Waals surface area contributed by atoms with E-state index in [1.165, 1.54) is 0 Å². The molecule has 0 aliphatic carbocycles. The van der Waals surface area contributed by atoms with Crippen molar-refractivity contribution in [2.75, 3.05) is 11.9 Å². The lowest BCUT2D eigenvalue weighted by Crippen LogP contribution is -2.48. The van der Waals surface area contributed by atoms with Crippen LogP contribution in [-0.4, -0.2) is 34.3 Å². The van der Waals surface area contributed by atoms with E-state index >= 15 is 0 Å². The molecule has 2 aliphatic rings. The number of para-hydroxylation sites is 1. The Bertz CT molecular complexity index is 841. The molecule has 1 aromatic carbocycles. The molecule has 0 bridgehead atoms. The van der Waals surface area contributed by atoms with Crippen molar-refractivity contribution in [2.45, 2.75) is 44.6 Å². The number of anilines is 1. The summed E-state index contributed by atoms with van der Waals surface area (Å²) in [5.41, 5.74) is 2.88. The molecule has 0 saturated carbocycles. The molecule has 2 aliphatic heterocycles. The standard InChI is InChI=1S/C20H23N3O2/c1-3-6-17-20(15-7-4-5-8-16(15)22-19(20)25)10-12-23(17)18(24)14-9-11-21-13(14)2/h4-5,7-9,11,17,21H,3,6,10,12H2,1-2H3,(H,22,25)/t17-,20-/m0/s1. The lowest BCUT2D eigenvalue weighted by Gasteiger charge is -2.34. The van der Waals surface area contributed by atoms with Crippen molar-refractivity contribution in [1.82, 2.24) is 9.88 Å².